The summed E-state index contributed by atoms with van der Waals surface area (Å²) in [4.78, 5) is 30.9. The number of anilines is 2. The van der Waals surface area contributed by atoms with E-state index < -0.39 is 5.25 Å². The van der Waals surface area contributed by atoms with Gasteiger partial charge >= 0.3 is 0 Å². The van der Waals surface area contributed by atoms with Gasteiger partial charge in [0.15, 0.2) is 0 Å². The molecular formula is C22H19N3O2S2. The molecule has 3 aromatic rings. The summed E-state index contributed by atoms with van der Waals surface area (Å²) in [5.74, 6) is 0.536. The van der Waals surface area contributed by atoms with Gasteiger partial charge < -0.3 is 10.6 Å². The van der Waals surface area contributed by atoms with E-state index in [-0.39, 0.29) is 18.2 Å². The van der Waals surface area contributed by atoms with E-state index in [1.165, 1.54) is 17.3 Å². The number of nitrogens with one attached hydrogen (secondary N) is 2. The van der Waals surface area contributed by atoms with Gasteiger partial charge in [-0.1, -0.05) is 18.2 Å². The van der Waals surface area contributed by atoms with Gasteiger partial charge in [0.1, 0.15) is 0 Å². The van der Waals surface area contributed by atoms with Crippen LogP contribution in [-0.4, -0.2) is 22.0 Å². The van der Waals surface area contributed by atoms with Crippen molar-refractivity contribution in [3.05, 3.63) is 78.6 Å². The molecule has 5 nitrogen and oxygen atoms in total. The molecule has 1 aliphatic heterocycles. The number of amides is 2. The minimum atomic E-state index is -0.431. The number of rotatable bonds is 6. The Hall–Kier alpha value is -2.77. The largest absolute Gasteiger partial charge is 0.326 e. The molecule has 2 aromatic carbocycles. The molecule has 146 valence electrons. The fourth-order valence-corrected chi connectivity index (χ4v) is 4.84. The summed E-state index contributed by atoms with van der Waals surface area (Å²) in [7, 11) is 0. The number of nitrogens with zero attached hydrogens (tertiary/aromatic N) is 1. The van der Waals surface area contributed by atoms with E-state index in [4.69, 9.17) is 0 Å². The SMILES string of the molecule is O=C(CC1Sc2ccccc2NC1=O)Nc1ccc(SCc2cccnc2)cc1. The van der Waals surface area contributed by atoms with Crippen molar-refractivity contribution < 1.29 is 9.59 Å². The van der Waals surface area contributed by atoms with Gasteiger partial charge in [0.2, 0.25) is 11.8 Å². The first-order valence-electron chi connectivity index (χ1n) is 9.15. The Morgan fingerprint density at radius 1 is 1.10 bits per heavy atom. The topological polar surface area (TPSA) is 71.1 Å². The van der Waals surface area contributed by atoms with Crippen LogP contribution < -0.4 is 10.6 Å². The molecule has 1 atom stereocenters. The summed E-state index contributed by atoms with van der Waals surface area (Å²) in [6.45, 7) is 0. The predicted molar refractivity (Wildman–Crippen MR) is 118 cm³/mol. The summed E-state index contributed by atoms with van der Waals surface area (Å²) >= 11 is 3.14. The zero-order chi connectivity index (χ0) is 20.1. The zero-order valence-corrected chi connectivity index (χ0v) is 17.1. The van der Waals surface area contributed by atoms with Crippen LogP contribution in [0.4, 0.5) is 11.4 Å². The fourth-order valence-electron chi connectivity index (χ4n) is 2.89. The van der Waals surface area contributed by atoms with E-state index in [0.717, 1.165) is 26.9 Å². The molecule has 4 rings (SSSR count). The third-order valence-corrected chi connectivity index (χ3v) is 6.70. The van der Waals surface area contributed by atoms with E-state index >= 15 is 0 Å². The molecule has 29 heavy (non-hydrogen) atoms. The van der Waals surface area contributed by atoms with Crippen LogP contribution in [0.5, 0.6) is 0 Å². The molecule has 2 N–H and O–H groups in total. The molecule has 1 unspecified atom stereocenters. The Morgan fingerprint density at radius 2 is 1.93 bits per heavy atom. The first-order valence-corrected chi connectivity index (χ1v) is 11.0. The molecule has 0 aliphatic carbocycles. The number of carbonyl (C=O) groups is 2. The highest BCUT2D eigenvalue weighted by Gasteiger charge is 2.28. The Kier molecular flexibility index (Phi) is 6.17. The molecule has 0 saturated heterocycles. The molecule has 2 amide bonds. The third-order valence-electron chi connectivity index (χ3n) is 4.34. The Bertz CT molecular complexity index is 1010. The van der Waals surface area contributed by atoms with Gasteiger partial charge in [-0.3, -0.25) is 14.6 Å². The van der Waals surface area contributed by atoms with Crippen LogP contribution in [0.25, 0.3) is 0 Å². The molecule has 2 heterocycles. The molecule has 0 saturated carbocycles. The number of pyridine rings is 1. The Labute approximate surface area is 177 Å². The van der Waals surface area contributed by atoms with Crippen LogP contribution in [0.1, 0.15) is 12.0 Å². The maximum atomic E-state index is 12.4. The van der Waals surface area contributed by atoms with Crippen molar-refractivity contribution in [3.63, 3.8) is 0 Å². The highest BCUT2D eigenvalue weighted by molar-refractivity contribution is 8.01. The van der Waals surface area contributed by atoms with Gasteiger partial charge in [0.25, 0.3) is 0 Å². The number of aromatic nitrogens is 1. The second-order valence-electron chi connectivity index (χ2n) is 6.52. The van der Waals surface area contributed by atoms with Crippen molar-refractivity contribution in [3.8, 4) is 0 Å². The number of thioether (sulfide) groups is 2. The van der Waals surface area contributed by atoms with E-state index in [9.17, 15) is 9.59 Å². The number of hydrogen-bond acceptors (Lipinski definition) is 5. The molecule has 0 radical (unpaired) electrons. The summed E-state index contributed by atoms with van der Waals surface area (Å²) < 4.78 is 0. The molecule has 7 heteroatoms. The van der Waals surface area contributed by atoms with Gasteiger partial charge in [-0.05, 0) is 48.0 Å². The van der Waals surface area contributed by atoms with Crippen LogP contribution in [0.2, 0.25) is 0 Å². The smallest absolute Gasteiger partial charge is 0.238 e. The van der Waals surface area contributed by atoms with Gasteiger partial charge in [-0.2, -0.15) is 0 Å². The average Bonchev–Trinajstić information content (AvgIpc) is 2.74. The van der Waals surface area contributed by atoms with E-state index in [1.54, 1.807) is 18.0 Å². The second kappa shape index (κ2) is 9.15. The van der Waals surface area contributed by atoms with E-state index in [1.807, 2.05) is 66.9 Å². The summed E-state index contributed by atoms with van der Waals surface area (Å²) in [5.41, 5.74) is 2.69. The number of carbonyl (C=O) groups excluding carboxylic acids is 2. The summed E-state index contributed by atoms with van der Waals surface area (Å²) in [6.07, 6.45) is 3.75. The Balaban J connectivity index is 1.30. The highest BCUT2D eigenvalue weighted by atomic mass is 32.2. The van der Waals surface area contributed by atoms with Crippen molar-refractivity contribution in [2.45, 2.75) is 27.2 Å². The van der Waals surface area contributed by atoms with Crippen LogP contribution in [0.15, 0.2) is 82.8 Å². The Morgan fingerprint density at radius 3 is 2.72 bits per heavy atom. The number of benzene rings is 2. The standard InChI is InChI=1S/C22H19N3O2S2/c26-21(12-20-22(27)25-18-5-1-2-6-19(18)29-20)24-16-7-9-17(10-8-16)28-14-15-4-3-11-23-13-15/h1-11,13,20H,12,14H2,(H,24,26)(H,25,27). The lowest BCUT2D eigenvalue weighted by Crippen LogP contribution is -2.32. The second-order valence-corrected chi connectivity index (χ2v) is 8.81. The number of para-hydroxylation sites is 1. The van der Waals surface area contributed by atoms with Crippen LogP contribution in [0.3, 0.4) is 0 Å². The minimum Gasteiger partial charge on any atom is -0.326 e. The maximum absolute atomic E-state index is 12.4. The lowest BCUT2D eigenvalue weighted by molar-refractivity contribution is -0.120. The number of fused-ring (bicyclic) bond motifs is 1. The van der Waals surface area contributed by atoms with Crippen molar-refractivity contribution in [2.75, 3.05) is 10.6 Å². The quantitative estimate of drug-likeness (QED) is 0.559. The van der Waals surface area contributed by atoms with Crippen LogP contribution in [-0.2, 0) is 15.3 Å². The molecule has 0 spiro atoms. The normalized spacial score (nSPS) is 15.3. The highest BCUT2D eigenvalue weighted by Crippen LogP contribution is 2.36. The summed E-state index contributed by atoms with van der Waals surface area (Å²) in [6, 6.07) is 19.3. The number of hydrogen-bond donors (Lipinski definition) is 2. The lowest BCUT2D eigenvalue weighted by atomic mass is 10.2. The monoisotopic (exact) mass is 421 g/mol. The maximum Gasteiger partial charge on any atom is 0.238 e. The van der Waals surface area contributed by atoms with E-state index in [2.05, 4.69) is 15.6 Å². The van der Waals surface area contributed by atoms with Crippen LogP contribution >= 0.6 is 23.5 Å². The van der Waals surface area contributed by atoms with Gasteiger partial charge in [-0.15, -0.1) is 23.5 Å². The van der Waals surface area contributed by atoms with Gasteiger partial charge in [-0.25, -0.2) is 0 Å². The molecule has 1 aliphatic rings. The fraction of sp³-hybridized carbons (Fsp3) is 0.136. The molecule has 0 fully saturated rings. The molecule has 1 aromatic heterocycles. The van der Waals surface area contributed by atoms with Crippen molar-refractivity contribution >= 4 is 46.7 Å². The van der Waals surface area contributed by atoms with Crippen molar-refractivity contribution in [1.29, 1.82) is 0 Å². The molecule has 0 bridgehead atoms. The van der Waals surface area contributed by atoms with Gasteiger partial charge in [0.05, 0.1) is 10.9 Å². The lowest BCUT2D eigenvalue weighted by Gasteiger charge is -2.23. The van der Waals surface area contributed by atoms with Gasteiger partial charge in [0, 0.05) is 40.0 Å². The predicted octanol–water partition coefficient (Wildman–Crippen LogP) is 4.82. The van der Waals surface area contributed by atoms with E-state index in [0.29, 0.717) is 0 Å². The average molecular weight is 422 g/mol. The van der Waals surface area contributed by atoms with Crippen molar-refractivity contribution in [1.82, 2.24) is 4.98 Å². The summed E-state index contributed by atoms with van der Waals surface area (Å²) in [5, 5.41) is 5.32. The molecular weight excluding hydrogens is 402 g/mol. The first-order chi connectivity index (χ1) is 14.2. The van der Waals surface area contributed by atoms with Crippen molar-refractivity contribution in [2.24, 2.45) is 0 Å². The van der Waals surface area contributed by atoms with Crippen LogP contribution in [0, 0.1) is 0 Å². The third kappa shape index (κ3) is 5.19. The minimum absolute atomic E-state index is 0.127. The zero-order valence-electron chi connectivity index (χ0n) is 15.5. The first kappa shape index (κ1) is 19.5.